The maximum Gasteiger partial charge on any atom is 0.191 e. The third kappa shape index (κ3) is 4.29. The summed E-state index contributed by atoms with van der Waals surface area (Å²) < 4.78 is 0. The lowest BCUT2D eigenvalue weighted by atomic mass is 10.1. The number of rotatable bonds is 3. The molecule has 0 amide bonds. The van der Waals surface area contributed by atoms with Gasteiger partial charge in [0.05, 0.1) is 5.71 Å². The van der Waals surface area contributed by atoms with Gasteiger partial charge in [-0.05, 0) is 67.5 Å². The van der Waals surface area contributed by atoms with Gasteiger partial charge < -0.3 is 10.4 Å². The largest absolute Gasteiger partial charge is 0.508 e. The van der Waals surface area contributed by atoms with Crippen LogP contribution in [0.25, 0.3) is 0 Å². The van der Waals surface area contributed by atoms with E-state index in [0.29, 0.717) is 5.11 Å². The van der Waals surface area contributed by atoms with Crippen LogP contribution < -0.4 is 10.7 Å². The molecule has 3 N–H and O–H groups in total. The SMILES string of the molecule is CC(=NNC(=S)Nc1ccccc1C)c1ccc(O)cc1. The monoisotopic (exact) mass is 299 g/mol. The van der Waals surface area contributed by atoms with Crippen LogP contribution in [-0.2, 0) is 0 Å². The van der Waals surface area contributed by atoms with Crippen molar-refractivity contribution in [3.05, 3.63) is 59.7 Å². The Morgan fingerprint density at radius 3 is 2.43 bits per heavy atom. The normalized spacial score (nSPS) is 11.0. The molecule has 4 nitrogen and oxygen atoms in total. The van der Waals surface area contributed by atoms with Crippen molar-refractivity contribution in [3.8, 4) is 5.75 Å². The molecule has 108 valence electrons. The zero-order valence-electron chi connectivity index (χ0n) is 11.9. The standard InChI is InChI=1S/C16H17N3OS/c1-11-5-3-4-6-15(11)17-16(21)19-18-12(2)13-7-9-14(20)10-8-13/h3-10,20H,1-2H3,(H2,17,19,21). The van der Waals surface area contributed by atoms with E-state index in [9.17, 15) is 5.11 Å². The maximum absolute atomic E-state index is 9.26. The molecule has 0 heterocycles. The summed E-state index contributed by atoms with van der Waals surface area (Å²) in [5, 5.41) is 17.0. The number of anilines is 1. The number of thiocarbonyl (C=S) groups is 1. The van der Waals surface area contributed by atoms with Gasteiger partial charge in [0, 0.05) is 5.69 Å². The summed E-state index contributed by atoms with van der Waals surface area (Å²) in [6.07, 6.45) is 0. The molecule has 2 aromatic rings. The number of hydrogen-bond donors (Lipinski definition) is 3. The van der Waals surface area contributed by atoms with E-state index in [1.807, 2.05) is 38.1 Å². The van der Waals surface area contributed by atoms with Gasteiger partial charge in [-0.3, -0.25) is 5.43 Å². The summed E-state index contributed by atoms with van der Waals surface area (Å²) >= 11 is 5.22. The highest BCUT2D eigenvalue weighted by molar-refractivity contribution is 7.80. The number of phenolic OH excluding ortho intramolecular Hbond substituents is 1. The molecule has 0 aromatic heterocycles. The third-order valence-corrected chi connectivity index (χ3v) is 3.20. The highest BCUT2D eigenvalue weighted by Crippen LogP contribution is 2.13. The first-order valence-corrected chi connectivity index (χ1v) is 6.93. The Kier molecular flexibility index (Phi) is 4.90. The van der Waals surface area contributed by atoms with Crippen LogP contribution in [-0.4, -0.2) is 15.9 Å². The molecular weight excluding hydrogens is 282 g/mol. The average molecular weight is 299 g/mol. The van der Waals surface area contributed by atoms with Crippen molar-refractivity contribution >= 4 is 28.7 Å². The van der Waals surface area contributed by atoms with E-state index in [1.54, 1.807) is 24.3 Å². The van der Waals surface area contributed by atoms with Gasteiger partial charge in [0.2, 0.25) is 0 Å². The molecule has 2 aromatic carbocycles. The lowest BCUT2D eigenvalue weighted by Gasteiger charge is -2.10. The Bertz CT molecular complexity index is 665. The molecule has 21 heavy (non-hydrogen) atoms. The number of para-hydroxylation sites is 1. The number of hydrazone groups is 1. The molecule has 0 saturated carbocycles. The first kappa shape index (κ1) is 15.0. The summed E-state index contributed by atoms with van der Waals surface area (Å²) in [6, 6.07) is 14.7. The number of nitrogens with zero attached hydrogens (tertiary/aromatic N) is 1. The molecule has 2 rings (SSSR count). The van der Waals surface area contributed by atoms with Crippen molar-refractivity contribution in [2.75, 3.05) is 5.32 Å². The Balaban J connectivity index is 1.98. The average Bonchev–Trinajstić information content (AvgIpc) is 2.48. The van der Waals surface area contributed by atoms with E-state index >= 15 is 0 Å². The lowest BCUT2D eigenvalue weighted by Crippen LogP contribution is -2.25. The number of aromatic hydroxyl groups is 1. The second-order valence-electron chi connectivity index (χ2n) is 4.62. The van der Waals surface area contributed by atoms with E-state index < -0.39 is 0 Å². The van der Waals surface area contributed by atoms with Gasteiger partial charge in [-0.2, -0.15) is 5.10 Å². The Hall–Kier alpha value is -2.40. The van der Waals surface area contributed by atoms with E-state index in [1.165, 1.54) is 0 Å². The zero-order chi connectivity index (χ0) is 15.2. The van der Waals surface area contributed by atoms with Crippen molar-refractivity contribution in [1.29, 1.82) is 0 Å². The van der Waals surface area contributed by atoms with Gasteiger partial charge >= 0.3 is 0 Å². The van der Waals surface area contributed by atoms with Crippen LogP contribution >= 0.6 is 12.2 Å². The van der Waals surface area contributed by atoms with Crippen molar-refractivity contribution in [2.24, 2.45) is 5.10 Å². The Morgan fingerprint density at radius 1 is 1.10 bits per heavy atom. The first-order chi connectivity index (χ1) is 10.1. The fraction of sp³-hybridized carbons (Fsp3) is 0.125. The molecule has 0 bridgehead atoms. The molecule has 0 unspecified atom stereocenters. The predicted molar refractivity (Wildman–Crippen MR) is 90.9 cm³/mol. The van der Waals surface area contributed by atoms with Crippen LogP contribution in [0.1, 0.15) is 18.1 Å². The molecule has 0 atom stereocenters. The minimum Gasteiger partial charge on any atom is -0.508 e. The quantitative estimate of drug-likeness (QED) is 0.462. The van der Waals surface area contributed by atoms with Crippen molar-refractivity contribution in [1.82, 2.24) is 5.43 Å². The molecular formula is C16H17N3OS. The van der Waals surface area contributed by atoms with E-state index in [2.05, 4.69) is 15.8 Å². The van der Waals surface area contributed by atoms with Gasteiger partial charge in [0.15, 0.2) is 5.11 Å². The van der Waals surface area contributed by atoms with E-state index in [4.69, 9.17) is 12.2 Å². The van der Waals surface area contributed by atoms with Crippen LogP contribution in [0.4, 0.5) is 5.69 Å². The molecule has 0 aliphatic heterocycles. The zero-order valence-corrected chi connectivity index (χ0v) is 12.7. The minimum atomic E-state index is 0.233. The molecule has 5 heteroatoms. The highest BCUT2D eigenvalue weighted by atomic mass is 32.1. The third-order valence-electron chi connectivity index (χ3n) is 3.00. The van der Waals surface area contributed by atoms with E-state index in [0.717, 1.165) is 22.5 Å². The molecule has 0 radical (unpaired) electrons. The molecule has 0 aliphatic carbocycles. The smallest absolute Gasteiger partial charge is 0.191 e. The number of hydrogen-bond acceptors (Lipinski definition) is 3. The highest BCUT2D eigenvalue weighted by Gasteiger charge is 2.01. The molecule has 0 fully saturated rings. The van der Waals surface area contributed by atoms with Gasteiger partial charge in [-0.25, -0.2) is 0 Å². The molecule has 0 aliphatic rings. The van der Waals surface area contributed by atoms with Gasteiger partial charge in [0.25, 0.3) is 0 Å². The Morgan fingerprint density at radius 2 is 1.76 bits per heavy atom. The fourth-order valence-corrected chi connectivity index (χ4v) is 1.92. The van der Waals surface area contributed by atoms with Crippen LogP contribution in [0.5, 0.6) is 5.75 Å². The summed E-state index contributed by atoms with van der Waals surface area (Å²) in [7, 11) is 0. The van der Waals surface area contributed by atoms with Crippen molar-refractivity contribution < 1.29 is 5.11 Å². The first-order valence-electron chi connectivity index (χ1n) is 6.52. The van der Waals surface area contributed by atoms with Crippen LogP contribution in [0, 0.1) is 6.92 Å². The summed E-state index contributed by atoms with van der Waals surface area (Å²) in [4.78, 5) is 0. The molecule has 0 saturated heterocycles. The van der Waals surface area contributed by atoms with Crippen molar-refractivity contribution in [3.63, 3.8) is 0 Å². The molecule has 0 spiro atoms. The summed E-state index contributed by atoms with van der Waals surface area (Å²) in [6.45, 7) is 3.88. The fourth-order valence-electron chi connectivity index (χ4n) is 1.77. The maximum atomic E-state index is 9.26. The number of phenols is 1. The minimum absolute atomic E-state index is 0.233. The van der Waals surface area contributed by atoms with Crippen LogP contribution in [0.2, 0.25) is 0 Å². The van der Waals surface area contributed by atoms with E-state index in [-0.39, 0.29) is 5.75 Å². The number of nitrogens with one attached hydrogen (secondary N) is 2. The second-order valence-corrected chi connectivity index (χ2v) is 5.03. The summed E-state index contributed by atoms with van der Waals surface area (Å²) in [5.41, 5.74) is 6.58. The Labute approximate surface area is 129 Å². The van der Waals surface area contributed by atoms with Gasteiger partial charge in [0.1, 0.15) is 5.75 Å². The van der Waals surface area contributed by atoms with Crippen LogP contribution in [0.3, 0.4) is 0 Å². The lowest BCUT2D eigenvalue weighted by molar-refractivity contribution is 0.475. The predicted octanol–water partition coefficient (Wildman–Crippen LogP) is 3.41. The number of benzene rings is 2. The van der Waals surface area contributed by atoms with Crippen molar-refractivity contribution in [2.45, 2.75) is 13.8 Å². The van der Waals surface area contributed by atoms with Gasteiger partial charge in [-0.15, -0.1) is 0 Å². The summed E-state index contributed by atoms with van der Waals surface area (Å²) in [5.74, 6) is 0.233. The second kappa shape index (κ2) is 6.85. The van der Waals surface area contributed by atoms with Gasteiger partial charge in [-0.1, -0.05) is 18.2 Å². The number of aryl methyl sites for hydroxylation is 1. The topological polar surface area (TPSA) is 56.7 Å². The van der Waals surface area contributed by atoms with Crippen LogP contribution in [0.15, 0.2) is 53.6 Å².